The van der Waals surface area contributed by atoms with Gasteiger partial charge in [-0.15, -0.1) is 0 Å². The number of para-hydroxylation sites is 1. The standard InChI is InChI=1S/C28H22N4O3/c33-28-26(24-17-23(32(34)35)15-16-25(24)31-28)27(20-7-3-1-4-8-20)30-22-13-11-19(12-14-22)18-29-21-9-5-2-6-10-21/h1-17,29-30H,18H2,(H,31,33). The highest BCUT2D eigenvalue weighted by molar-refractivity contribution is 6.37. The lowest BCUT2D eigenvalue weighted by molar-refractivity contribution is -0.384. The van der Waals surface area contributed by atoms with E-state index in [2.05, 4.69) is 16.0 Å². The number of nitrogens with zero attached hydrogens (tertiary/aromatic N) is 1. The molecule has 172 valence electrons. The first-order valence-electron chi connectivity index (χ1n) is 11.1. The van der Waals surface area contributed by atoms with Crippen LogP contribution in [-0.2, 0) is 11.3 Å². The average molecular weight is 463 g/mol. The summed E-state index contributed by atoms with van der Waals surface area (Å²) in [5, 5.41) is 21.0. The van der Waals surface area contributed by atoms with Gasteiger partial charge in [0.1, 0.15) is 0 Å². The summed E-state index contributed by atoms with van der Waals surface area (Å²) in [6.45, 7) is 0.677. The van der Waals surface area contributed by atoms with E-state index in [9.17, 15) is 14.9 Å². The van der Waals surface area contributed by atoms with Crippen molar-refractivity contribution in [1.82, 2.24) is 0 Å². The fourth-order valence-electron chi connectivity index (χ4n) is 4.01. The number of nitro groups is 1. The number of non-ortho nitro benzene ring substituents is 1. The molecule has 4 aromatic carbocycles. The van der Waals surface area contributed by atoms with E-state index in [-0.39, 0.29) is 11.6 Å². The Kier molecular flexibility index (Phi) is 5.96. The van der Waals surface area contributed by atoms with Crippen molar-refractivity contribution in [3.05, 3.63) is 130 Å². The largest absolute Gasteiger partial charge is 0.381 e. The molecule has 0 spiro atoms. The number of amides is 1. The molecule has 0 radical (unpaired) electrons. The SMILES string of the molecule is O=C1Nc2ccc([N+](=O)[O-])cc2C1=C(Nc1ccc(CNc2ccccc2)cc1)c1ccccc1. The first kappa shape index (κ1) is 21.9. The first-order chi connectivity index (χ1) is 17.1. The van der Waals surface area contributed by atoms with Gasteiger partial charge in [0, 0.05) is 41.3 Å². The lowest BCUT2D eigenvalue weighted by Crippen LogP contribution is -2.10. The molecule has 1 amide bonds. The van der Waals surface area contributed by atoms with Gasteiger partial charge in [-0.1, -0.05) is 60.7 Å². The molecule has 0 atom stereocenters. The van der Waals surface area contributed by atoms with Gasteiger partial charge in [0.05, 0.1) is 16.2 Å². The van der Waals surface area contributed by atoms with Gasteiger partial charge in [-0.3, -0.25) is 14.9 Å². The maximum Gasteiger partial charge on any atom is 0.270 e. The third-order valence-corrected chi connectivity index (χ3v) is 5.76. The van der Waals surface area contributed by atoms with E-state index in [1.165, 1.54) is 12.1 Å². The van der Waals surface area contributed by atoms with Gasteiger partial charge in [-0.05, 0) is 41.5 Å². The molecule has 0 aromatic heterocycles. The van der Waals surface area contributed by atoms with Gasteiger partial charge < -0.3 is 16.0 Å². The number of fused-ring (bicyclic) bond motifs is 1. The molecule has 0 aliphatic carbocycles. The van der Waals surface area contributed by atoms with Crippen LogP contribution in [0.2, 0.25) is 0 Å². The highest BCUT2D eigenvalue weighted by Crippen LogP contribution is 2.39. The van der Waals surface area contributed by atoms with Crippen molar-refractivity contribution >= 4 is 39.9 Å². The van der Waals surface area contributed by atoms with Crippen molar-refractivity contribution in [2.75, 3.05) is 16.0 Å². The van der Waals surface area contributed by atoms with Gasteiger partial charge in [0.15, 0.2) is 0 Å². The van der Waals surface area contributed by atoms with E-state index in [4.69, 9.17) is 0 Å². The number of hydrogen-bond acceptors (Lipinski definition) is 5. The monoisotopic (exact) mass is 462 g/mol. The maximum atomic E-state index is 13.0. The number of anilines is 3. The summed E-state index contributed by atoms with van der Waals surface area (Å²) in [6.07, 6.45) is 0. The van der Waals surface area contributed by atoms with E-state index < -0.39 is 4.92 Å². The molecule has 0 unspecified atom stereocenters. The molecule has 4 aromatic rings. The summed E-state index contributed by atoms with van der Waals surface area (Å²) < 4.78 is 0. The van der Waals surface area contributed by atoms with Crippen LogP contribution in [0.25, 0.3) is 11.3 Å². The zero-order valence-electron chi connectivity index (χ0n) is 18.7. The topological polar surface area (TPSA) is 96.3 Å². The van der Waals surface area contributed by atoms with Crippen molar-refractivity contribution in [2.24, 2.45) is 0 Å². The minimum atomic E-state index is -0.460. The summed E-state index contributed by atoms with van der Waals surface area (Å²) in [4.78, 5) is 23.9. The lowest BCUT2D eigenvalue weighted by Gasteiger charge is -2.15. The van der Waals surface area contributed by atoms with Crippen LogP contribution in [0.4, 0.5) is 22.7 Å². The maximum absolute atomic E-state index is 13.0. The van der Waals surface area contributed by atoms with Crippen molar-refractivity contribution in [3.63, 3.8) is 0 Å². The zero-order valence-corrected chi connectivity index (χ0v) is 18.7. The Labute approximate surface area is 202 Å². The molecule has 3 N–H and O–H groups in total. The van der Waals surface area contributed by atoms with Crippen LogP contribution in [0.1, 0.15) is 16.7 Å². The van der Waals surface area contributed by atoms with Gasteiger partial charge >= 0.3 is 0 Å². The predicted molar refractivity (Wildman–Crippen MR) is 139 cm³/mol. The van der Waals surface area contributed by atoms with Crippen molar-refractivity contribution in [2.45, 2.75) is 6.54 Å². The molecule has 7 heteroatoms. The predicted octanol–water partition coefficient (Wildman–Crippen LogP) is 6.14. The quantitative estimate of drug-likeness (QED) is 0.174. The van der Waals surface area contributed by atoms with Crippen LogP contribution in [0.15, 0.2) is 103 Å². The number of carbonyl (C=O) groups is 1. The summed E-state index contributed by atoms with van der Waals surface area (Å²) in [6, 6.07) is 31.8. The van der Waals surface area contributed by atoms with Gasteiger partial charge in [0.25, 0.3) is 11.6 Å². The molecule has 0 bridgehead atoms. The number of hydrogen-bond donors (Lipinski definition) is 3. The van der Waals surface area contributed by atoms with Gasteiger partial charge in [-0.2, -0.15) is 0 Å². The highest BCUT2D eigenvalue weighted by atomic mass is 16.6. The van der Waals surface area contributed by atoms with Gasteiger partial charge in [0.2, 0.25) is 0 Å². The summed E-state index contributed by atoms with van der Waals surface area (Å²) in [5.74, 6) is -0.310. The van der Waals surface area contributed by atoms with Crippen molar-refractivity contribution in [1.29, 1.82) is 0 Å². The van der Waals surface area contributed by atoms with Gasteiger partial charge in [-0.25, -0.2) is 0 Å². The molecule has 5 rings (SSSR count). The third-order valence-electron chi connectivity index (χ3n) is 5.76. The van der Waals surface area contributed by atoms with Crippen LogP contribution in [-0.4, -0.2) is 10.8 Å². The Morgan fingerprint density at radius 3 is 2.20 bits per heavy atom. The molecule has 0 saturated heterocycles. The number of nitro benzene ring substituents is 1. The summed E-state index contributed by atoms with van der Waals surface area (Å²) in [7, 11) is 0. The molecule has 1 aliphatic heterocycles. The van der Waals surface area contributed by atoms with Crippen LogP contribution in [0.5, 0.6) is 0 Å². The van der Waals surface area contributed by atoms with Crippen molar-refractivity contribution in [3.8, 4) is 0 Å². The number of benzene rings is 4. The van der Waals surface area contributed by atoms with Crippen LogP contribution < -0.4 is 16.0 Å². The second-order valence-corrected chi connectivity index (χ2v) is 8.10. The molecule has 1 aliphatic rings. The van der Waals surface area contributed by atoms with Crippen molar-refractivity contribution < 1.29 is 9.72 Å². The molecule has 7 nitrogen and oxygen atoms in total. The normalized spacial score (nSPS) is 13.5. The highest BCUT2D eigenvalue weighted by Gasteiger charge is 2.30. The van der Waals surface area contributed by atoms with Crippen LogP contribution in [0.3, 0.4) is 0 Å². The minimum Gasteiger partial charge on any atom is -0.381 e. The Morgan fingerprint density at radius 2 is 1.51 bits per heavy atom. The first-order valence-corrected chi connectivity index (χ1v) is 11.1. The number of rotatable bonds is 7. The van der Waals surface area contributed by atoms with E-state index >= 15 is 0 Å². The molecule has 1 heterocycles. The summed E-state index contributed by atoms with van der Waals surface area (Å²) >= 11 is 0. The molecule has 0 fully saturated rings. The van der Waals surface area contributed by atoms with Crippen LogP contribution in [0, 0.1) is 10.1 Å². The smallest absolute Gasteiger partial charge is 0.270 e. The lowest BCUT2D eigenvalue weighted by atomic mass is 9.99. The number of nitrogens with one attached hydrogen (secondary N) is 3. The molecule has 35 heavy (non-hydrogen) atoms. The second-order valence-electron chi connectivity index (χ2n) is 8.10. The Bertz CT molecular complexity index is 1420. The average Bonchev–Trinajstić information content (AvgIpc) is 3.22. The van der Waals surface area contributed by atoms with E-state index in [0.29, 0.717) is 29.1 Å². The Balaban J connectivity index is 1.48. The number of carbonyl (C=O) groups excluding carboxylic acids is 1. The van der Waals surface area contributed by atoms with E-state index in [1.54, 1.807) is 6.07 Å². The summed E-state index contributed by atoms with van der Waals surface area (Å²) in [5.41, 5.74) is 5.67. The minimum absolute atomic E-state index is 0.0690. The molecular weight excluding hydrogens is 440 g/mol. The van der Waals surface area contributed by atoms with E-state index in [1.807, 2.05) is 84.9 Å². The Hall–Kier alpha value is -4.91. The fourth-order valence-corrected chi connectivity index (χ4v) is 4.01. The Morgan fingerprint density at radius 1 is 0.829 bits per heavy atom. The zero-order chi connectivity index (χ0) is 24.2. The third kappa shape index (κ3) is 4.74. The second kappa shape index (κ2) is 9.52. The fraction of sp³-hybridized carbons (Fsp3) is 0.0357. The van der Waals surface area contributed by atoms with Crippen LogP contribution >= 0.6 is 0 Å². The molecule has 0 saturated carbocycles. The van der Waals surface area contributed by atoms with E-state index in [0.717, 1.165) is 22.5 Å². The molecular formula is C28H22N4O3.